The minimum absolute atomic E-state index is 0.881. The van der Waals surface area contributed by atoms with Crippen LogP contribution in [0.15, 0.2) is 25.0 Å². The van der Waals surface area contributed by atoms with Crippen LogP contribution in [0.2, 0.25) is 0 Å². The lowest BCUT2D eigenvalue weighted by atomic mass is 10.2. The molecule has 1 N–H and O–H groups in total. The Morgan fingerprint density at radius 2 is 2.36 bits per heavy atom. The Bertz CT molecular complexity index is 284. The van der Waals surface area contributed by atoms with Crippen molar-refractivity contribution in [3.05, 3.63) is 30.7 Å². The highest BCUT2D eigenvalue weighted by Crippen LogP contribution is 2.05. The summed E-state index contributed by atoms with van der Waals surface area (Å²) in [5, 5.41) is 3.22. The monoisotopic (exact) mass is 191 g/mol. The predicted octanol–water partition coefficient (Wildman–Crippen LogP) is 2.42. The first-order chi connectivity index (χ1) is 6.86. The lowest BCUT2D eigenvalue weighted by Gasteiger charge is -2.04. The predicted molar refractivity (Wildman–Crippen MR) is 59.3 cm³/mol. The number of rotatable bonds is 6. The van der Waals surface area contributed by atoms with E-state index in [2.05, 4.69) is 28.8 Å². The molecule has 0 aliphatic rings. The molecule has 1 aromatic rings. The maximum atomic E-state index is 4.19. The normalized spacial score (nSPS) is 9.79. The van der Waals surface area contributed by atoms with Gasteiger partial charge in [-0.1, -0.05) is 19.4 Å². The first-order valence-electron chi connectivity index (χ1n) is 5.02. The van der Waals surface area contributed by atoms with Crippen molar-refractivity contribution in [1.82, 2.24) is 9.97 Å². The summed E-state index contributed by atoms with van der Waals surface area (Å²) in [5.41, 5.74) is 1.10. The minimum atomic E-state index is 0.881. The molecule has 3 nitrogen and oxygen atoms in total. The van der Waals surface area contributed by atoms with Gasteiger partial charge in [-0.2, -0.15) is 0 Å². The van der Waals surface area contributed by atoms with Crippen LogP contribution in [0.5, 0.6) is 0 Å². The number of anilines is 1. The van der Waals surface area contributed by atoms with E-state index in [9.17, 15) is 0 Å². The van der Waals surface area contributed by atoms with Gasteiger partial charge >= 0.3 is 0 Å². The van der Waals surface area contributed by atoms with E-state index in [1.165, 1.54) is 0 Å². The molecule has 0 radical (unpaired) electrons. The third kappa shape index (κ3) is 3.56. The Hall–Kier alpha value is -1.38. The molecule has 0 spiro atoms. The molecule has 0 bridgehead atoms. The fourth-order valence-corrected chi connectivity index (χ4v) is 1.19. The number of aromatic nitrogens is 2. The van der Waals surface area contributed by atoms with Crippen LogP contribution in [0.25, 0.3) is 0 Å². The zero-order valence-electron chi connectivity index (χ0n) is 8.66. The van der Waals surface area contributed by atoms with Gasteiger partial charge in [0.25, 0.3) is 0 Å². The molecule has 1 aromatic heterocycles. The lowest BCUT2D eigenvalue weighted by molar-refractivity contribution is 0.871. The standard InChI is InChI=1S/C11H17N3/c1-3-5-7-12-11-8-10(6-4-2)13-9-14-11/h3,8-9H,1,4-7H2,2H3,(H,12,13,14). The van der Waals surface area contributed by atoms with Crippen molar-refractivity contribution in [1.29, 1.82) is 0 Å². The second kappa shape index (κ2) is 6.13. The topological polar surface area (TPSA) is 37.8 Å². The summed E-state index contributed by atoms with van der Waals surface area (Å²) in [6.07, 6.45) is 6.58. The maximum Gasteiger partial charge on any atom is 0.129 e. The maximum absolute atomic E-state index is 4.19. The quantitative estimate of drug-likeness (QED) is 0.554. The smallest absolute Gasteiger partial charge is 0.129 e. The van der Waals surface area contributed by atoms with Gasteiger partial charge in [-0.15, -0.1) is 6.58 Å². The van der Waals surface area contributed by atoms with E-state index < -0.39 is 0 Å². The molecule has 0 unspecified atom stereocenters. The van der Waals surface area contributed by atoms with Crippen LogP contribution in [0.1, 0.15) is 25.5 Å². The van der Waals surface area contributed by atoms with Gasteiger partial charge in [0.2, 0.25) is 0 Å². The molecule has 14 heavy (non-hydrogen) atoms. The molecule has 1 rings (SSSR count). The fourth-order valence-electron chi connectivity index (χ4n) is 1.19. The number of aryl methyl sites for hydroxylation is 1. The van der Waals surface area contributed by atoms with Crippen molar-refractivity contribution in [3.8, 4) is 0 Å². The van der Waals surface area contributed by atoms with Crippen molar-refractivity contribution in [2.24, 2.45) is 0 Å². The summed E-state index contributed by atoms with van der Waals surface area (Å²) in [6.45, 7) is 6.69. The molecule has 0 aliphatic carbocycles. The molecule has 0 atom stereocenters. The SMILES string of the molecule is C=CCCNc1cc(CCC)ncn1. The zero-order chi connectivity index (χ0) is 10.2. The molecular weight excluding hydrogens is 174 g/mol. The Morgan fingerprint density at radius 3 is 3.07 bits per heavy atom. The number of hydrogen-bond donors (Lipinski definition) is 1. The van der Waals surface area contributed by atoms with Gasteiger partial charge in [0.1, 0.15) is 12.1 Å². The van der Waals surface area contributed by atoms with Crippen LogP contribution in [0, 0.1) is 0 Å². The van der Waals surface area contributed by atoms with Gasteiger partial charge in [0.15, 0.2) is 0 Å². The van der Waals surface area contributed by atoms with Crippen molar-refractivity contribution >= 4 is 5.82 Å². The summed E-state index contributed by atoms with van der Waals surface area (Å²) in [6, 6.07) is 2.01. The zero-order valence-corrected chi connectivity index (χ0v) is 8.66. The molecule has 76 valence electrons. The second-order valence-electron chi connectivity index (χ2n) is 3.15. The van der Waals surface area contributed by atoms with Crippen molar-refractivity contribution in [2.45, 2.75) is 26.2 Å². The van der Waals surface area contributed by atoms with Gasteiger partial charge in [-0.05, 0) is 12.8 Å². The summed E-state index contributed by atoms with van der Waals surface area (Å²) in [7, 11) is 0. The highest BCUT2D eigenvalue weighted by Gasteiger charge is 1.96. The van der Waals surface area contributed by atoms with Crippen molar-refractivity contribution < 1.29 is 0 Å². The second-order valence-corrected chi connectivity index (χ2v) is 3.15. The van der Waals surface area contributed by atoms with Gasteiger partial charge in [-0.3, -0.25) is 0 Å². The molecule has 0 amide bonds. The Morgan fingerprint density at radius 1 is 1.50 bits per heavy atom. The van der Waals surface area contributed by atoms with E-state index in [-0.39, 0.29) is 0 Å². The van der Waals surface area contributed by atoms with Crippen LogP contribution in [-0.2, 0) is 6.42 Å². The Balaban J connectivity index is 2.50. The largest absolute Gasteiger partial charge is 0.370 e. The molecule has 3 heteroatoms. The van der Waals surface area contributed by atoms with Crippen LogP contribution in [0.4, 0.5) is 5.82 Å². The van der Waals surface area contributed by atoms with E-state index in [1.54, 1.807) is 6.33 Å². The molecule has 0 saturated heterocycles. The van der Waals surface area contributed by atoms with Crippen LogP contribution in [0.3, 0.4) is 0 Å². The van der Waals surface area contributed by atoms with E-state index in [4.69, 9.17) is 0 Å². The van der Waals surface area contributed by atoms with E-state index in [0.717, 1.165) is 37.3 Å². The van der Waals surface area contributed by atoms with Gasteiger partial charge in [0, 0.05) is 18.3 Å². The Labute approximate surface area is 85.3 Å². The highest BCUT2D eigenvalue weighted by molar-refractivity contribution is 5.34. The number of nitrogens with one attached hydrogen (secondary N) is 1. The molecule has 0 fully saturated rings. The molecule has 0 saturated carbocycles. The van der Waals surface area contributed by atoms with Crippen molar-refractivity contribution in [3.63, 3.8) is 0 Å². The fraction of sp³-hybridized carbons (Fsp3) is 0.455. The number of hydrogen-bond acceptors (Lipinski definition) is 3. The van der Waals surface area contributed by atoms with Crippen molar-refractivity contribution in [2.75, 3.05) is 11.9 Å². The van der Waals surface area contributed by atoms with Crippen LogP contribution < -0.4 is 5.32 Å². The third-order valence-electron chi connectivity index (χ3n) is 1.88. The minimum Gasteiger partial charge on any atom is -0.370 e. The van der Waals surface area contributed by atoms with E-state index in [0.29, 0.717) is 0 Å². The third-order valence-corrected chi connectivity index (χ3v) is 1.88. The first-order valence-corrected chi connectivity index (χ1v) is 5.02. The van der Waals surface area contributed by atoms with E-state index in [1.807, 2.05) is 12.1 Å². The lowest BCUT2D eigenvalue weighted by Crippen LogP contribution is -2.03. The molecular formula is C11H17N3. The molecule has 0 aromatic carbocycles. The molecule has 0 aliphatic heterocycles. The highest BCUT2D eigenvalue weighted by atomic mass is 15.0. The van der Waals surface area contributed by atoms with E-state index >= 15 is 0 Å². The first kappa shape index (κ1) is 10.7. The summed E-state index contributed by atoms with van der Waals surface area (Å²) in [5.74, 6) is 0.908. The Kier molecular flexibility index (Phi) is 4.69. The van der Waals surface area contributed by atoms with Gasteiger partial charge in [0.05, 0.1) is 0 Å². The van der Waals surface area contributed by atoms with Gasteiger partial charge < -0.3 is 5.32 Å². The molecule has 1 heterocycles. The summed E-state index contributed by atoms with van der Waals surface area (Å²) >= 11 is 0. The summed E-state index contributed by atoms with van der Waals surface area (Å²) in [4.78, 5) is 8.32. The average molecular weight is 191 g/mol. The van der Waals surface area contributed by atoms with Crippen LogP contribution >= 0.6 is 0 Å². The van der Waals surface area contributed by atoms with Crippen LogP contribution in [-0.4, -0.2) is 16.5 Å². The summed E-state index contributed by atoms with van der Waals surface area (Å²) < 4.78 is 0. The average Bonchev–Trinajstić information content (AvgIpc) is 2.19. The number of nitrogens with zero attached hydrogens (tertiary/aromatic N) is 2. The van der Waals surface area contributed by atoms with Gasteiger partial charge in [-0.25, -0.2) is 9.97 Å².